The number of aromatic amines is 1. The Bertz CT molecular complexity index is 1540. The first-order valence-corrected chi connectivity index (χ1v) is 15.0. The maximum absolute atomic E-state index is 12.4. The lowest BCUT2D eigenvalue weighted by Crippen LogP contribution is -2.43. The van der Waals surface area contributed by atoms with Crippen molar-refractivity contribution in [1.29, 1.82) is 0 Å². The molecule has 3 aliphatic rings. The van der Waals surface area contributed by atoms with Gasteiger partial charge >= 0.3 is 11.9 Å². The maximum Gasteiger partial charge on any atom is 0.303 e. The van der Waals surface area contributed by atoms with Crippen LogP contribution in [0.15, 0.2) is 52.5 Å². The number of nitrogens with one attached hydrogen (secondary N) is 4. The summed E-state index contributed by atoms with van der Waals surface area (Å²) in [5.41, 5.74) is 13.3. The monoisotopic (exact) mass is 605 g/mol. The highest BCUT2D eigenvalue weighted by Crippen LogP contribution is 2.39. The number of carboxylic acids is 2. The smallest absolute Gasteiger partial charge is 0.303 e. The van der Waals surface area contributed by atoms with E-state index in [1.54, 1.807) is 6.08 Å². The third-order valence-electron chi connectivity index (χ3n) is 9.48. The highest BCUT2D eigenvalue weighted by Gasteiger charge is 2.41. The quantitative estimate of drug-likeness (QED) is 0.189. The Morgan fingerprint density at radius 2 is 1.75 bits per heavy atom. The molecular weight excluding hydrogens is 562 g/mol. The Morgan fingerprint density at radius 3 is 2.34 bits per heavy atom. The highest BCUT2D eigenvalue weighted by molar-refractivity contribution is 6.00. The van der Waals surface area contributed by atoms with Gasteiger partial charge in [0.05, 0.1) is 11.6 Å². The molecule has 8 N–H and O–H groups in total. The molecule has 1 aromatic heterocycles. The van der Waals surface area contributed by atoms with Crippen LogP contribution in [0.4, 0.5) is 0 Å². The van der Waals surface area contributed by atoms with E-state index in [0.29, 0.717) is 29.1 Å². The fourth-order valence-electron chi connectivity index (χ4n) is 6.52. The number of nitrogens with two attached hydrogens (primary N) is 1. The van der Waals surface area contributed by atoms with Crippen LogP contribution in [0.5, 0.6) is 0 Å². The van der Waals surface area contributed by atoms with Crippen molar-refractivity contribution in [3.63, 3.8) is 0 Å². The fraction of sp³-hybridized carbons (Fsp3) is 0.455. The van der Waals surface area contributed by atoms with E-state index in [-0.39, 0.29) is 55.4 Å². The van der Waals surface area contributed by atoms with Gasteiger partial charge in [0.15, 0.2) is 0 Å². The largest absolute Gasteiger partial charge is 0.481 e. The van der Waals surface area contributed by atoms with E-state index in [2.05, 4.69) is 27.5 Å². The number of aliphatic carboxylic acids is 2. The Labute approximate surface area is 257 Å². The van der Waals surface area contributed by atoms with Crippen LogP contribution in [0, 0.1) is 18.8 Å². The van der Waals surface area contributed by atoms with Crippen LogP contribution in [-0.2, 0) is 32.0 Å². The van der Waals surface area contributed by atoms with E-state index in [9.17, 15) is 29.4 Å². The van der Waals surface area contributed by atoms with E-state index in [1.165, 1.54) is 0 Å². The summed E-state index contributed by atoms with van der Waals surface area (Å²) in [6, 6.07) is -0.243. The summed E-state index contributed by atoms with van der Waals surface area (Å²) < 4.78 is 0. The Hall–Kier alpha value is -4.38. The molecule has 0 unspecified atom stereocenters. The van der Waals surface area contributed by atoms with Gasteiger partial charge in [0, 0.05) is 65.2 Å². The van der Waals surface area contributed by atoms with Crippen LogP contribution in [-0.4, -0.2) is 50.5 Å². The predicted molar refractivity (Wildman–Crippen MR) is 167 cm³/mol. The fourth-order valence-corrected chi connectivity index (χ4v) is 6.52. The zero-order valence-corrected chi connectivity index (χ0v) is 26.0. The van der Waals surface area contributed by atoms with Gasteiger partial charge in [0.1, 0.15) is 0 Å². The minimum Gasteiger partial charge on any atom is -0.481 e. The van der Waals surface area contributed by atoms with Crippen LogP contribution in [0.1, 0.15) is 75.9 Å². The lowest BCUT2D eigenvalue weighted by Gasteiger charge is -2.27. The number of allylic oxidation sites excluding steroid dienone is 2. The Balaban J connectivity index is 1.78. The summed E-state index contributed by atoms with van der Waals surface area (Å²) >= 11 is 0. The van der Waals surface area contributed by atoms with Crippen molar-refractivity contribution in [3.05, 3.63) is 75.1 Å². The van der Waals surface area contributed by atoms with Crippen LogP contribution < -0.4 is 21.7 Å². The normalized spacial score (nSPS) is 26.9. The molecule has 1 saturated heterocycles. The molecule has 4 heterocycles. The first-order chi connectivity index (χ1) is 20.7. The van der Waals surface area contributed by atoms with Crippen LogP contribution in [0.3, 0.4) is 0 Å². The summed E-state index contributed by atoms with van der Waals surface area (Å²) in [5, 5.41) is 28.4. The van der Waals surface area contributed by atoms with Crippen molar-refractivity contribution in [2.45, 2.75) is 84.7 Å². The Kier molecular flexibility index (Phi) is 9.39. The second kappa shape index (κ2) is 12.7. The minimum absolute atomic E-state index is 0.0234. The second-order valence-electron chi connectivity index (χ2n) is 12.0. The first-order valence-electron chi connectivity index (χ1n) is 15.0. The van der Waals surface area contributed by atoms with Crippen molar-refractivity contribution < 1.29 is 29.4 Å². The van der Waals surface area contributed by atoms with Gasteiger partial charge in [0.25, 0.3) is 5.91 Å². The van der Waals surface area contributed by atoms with Crippen molar-refractivity contribution in [2.75, 3.05) is 0 Å². The molecule has 0 aliphatic carbocycles. The lowest BCUT2D eigenvalue weighted by molar-refractivity contribution is -0.138. The van der Waals surface area contributed by atoms with E-state index in [1.807, 2.05) is 46.8 Å². The van der Waals surface area contributed by atoms with E-state index >= 15 is 0 Å². The molecule has 0 aromatic carbocycles. The molecule has 1 aromatic rings. The number of H-pyrrole nitrogens is 1. The van der Waals surface area contributed by atoms with Gasteiger partial charge in [-0.05, 0) is 74.5 Å². The Morgan fingerprint density at radius 1 is 1.07 bits per heavy atom. The van der Waals surface area contributed by atoms with E-state index < -0.39 is 17.5 Å². The summed E-state index contributed by atoms with van der Waals surface area (Å²) in [4.78, 5) is 51.5. The molecule has 236 valence electrons. The van der Waals surface area contributed by atoms with Crippen molar-refractivity contribution >= 4 is 29.8 Å². The minimum atomic E-state index is -1.15. The number of hydrogen-bond donors (Lipinski definition) is 7. The third kappa shape index (κ3) is 6.14. The number of rotatable bonds is 12. The van der Waals surface area contributed by atoms with E-state index in [4.69, 9.17) is 5.73 Å². The number of aromatic nitrogens is 1. The first kappa shape index (κ1) is 32.5. The molecule has 11 nitrogen and oxygen atoms in total. The van der Waals surface area contributed by atoms with Crippen molar-refractivity contribution in [1.82, 2.24) is 20.9 Å². The van der Waals surface area contributed by atoms with Crippen molar-refractivity contribution in [2.24, 2.45) is 17.6 Å². The molecule has 3 aliphatic heterocycles. The van der Waals surface area contributed by atoms with Gasteiger partial charge in [-0.3, -0.25) is 19.2 Å². The molecule has 0 bridgehead atoms. The van der Waals surface area contributed by atoms with Gasteiger partial charge in [-0.1, -0.05) is 26.5 Å². The van der Waals surface area contributed by atoms with Crippen LogP contribution in [0.25, 0.3) is 6.08 Å². The molecule has 4 atom stereocenters. The number of carboxylic acid groups (broad SMARTS) is 2. The number of amides is 2. The number of carbonyl (C=O) groups excluding carboxylic acids is 2. The molecule has 1 fully saturated rings. The zero-order valence-electron chi connectivity index (χ0n) is 26.0. The molecule has 0 saturated carbocycles. The van der Waals surface area contributed by atoms with Gasteiger partial charge in [0.2, 0.25) is 5.91 Å². The number of carbonyl (C=O) groups is 4. The predicted octanol–water partition coefficient (Wildman–Crippen LogP) is 3.34. The molecule has 2 amide bonds. The molecule has 0 radical (unpaired) electrons. The summed E-state index contributed by atoms with van der Waals surface area (Å²) in [6.07, 6.45) is 6.65. The van der Waals surface area contributed by atoms with Gasteiger partial charge in [-0.25, -0.2) is 0 Å². The van der Waals surface area contributed by atoms with Crippen molar-refractivity contribution in [3.8, 4) is 0 Å². The second-order valence-corrected chi connectivity index (χ2v) is 12.0. The number of hydrogen-bond acceptors (Lipinski definition) is 6. The lowest BCUT2D eigenvalue weighted by atomic mass is 9.84. The van der Waals surface area contributed by atoms with E-state index in [0.717, 1.165) is 40.1 Å². The molecule has 4 rings (SSSR count). The molecule has 0 spiro atoms. The summed E-state index contributed by atoms with van der Waals surface area (Å²) in [6.45, 7) is 13.3. The van der Waals surface area contributed by atoms with Gasteiger partial charge < -0.3 is 36.9 Å². The topological polar surface area (TPSA) is 187 Å². The summed E-state index contributed by atoms with van der Waals surface area (Å²) in [5.74, 6) is -2.26. The van der Waals surface area contributed by atoms with Gasteiger partial charge in [-0.15, -0.1) is 0 Å². The van der Waals surface area contributed by atoms with Crippen LogP contribution >= 0.6 is 0 Å². The average Bonchev–Trinajstić information content (AvgIpc) is 3.58. The zero-order chi connectivity index (χ0) is 32.5. The standard InChI is InChI=1S/C33H43N5O6/c1-7-20-18(5)31(43)38-26(20)14-25-19(6)33(34,12-11-30(41)42)28(36-25)15-27-22(9-10-29(39)40)17(4)23(35-27)13-24-16(3)21(8-2)32(44)37-24/h8,14-15,18,20,24,35-36H,2,7,9-13,34H2,1,3-6H3,(H,37,44)(H,38,43)(H,39,40)(H,41,42)/b26-14-,28-15-/t18-,20-,24-,33+/m1/s1. The SMILES string of the molecule is C=CC1=C(C)[C@@H](Cc2[nH]c(/C=C3\NC(/C=C4\NC(=O)[C@H](C)[C@H]4CC)=C(C)[C@@]3(N)CCC(=O)O)c(CCC(=O)O)c2C)NC1=O. The highest BCUT2D eigenvalue weighted by atomic mass is 16.4. The molecular formula is C33H43N5O6. The average molecular weight is 606 g/mol. The van der Waals surface area contributed by atoms with Gasteiger partial charge in [-0.2, -0.15) is 0 Å². The summed E-state index contributed by atoms with van der Waals surface area (Å²) in [7, 11) is 0. The maximum atomic E-state index is 12.4. The third-order valence-corrected chi connectivity index (χ3v) is 9.48. The van der Waals surface area contributed by atoms with Crippen LogP contribution in [0.2, 0.25) is 0 Å². The molecule has 11 heteroatoms. The molecule has 44 heavy (non-hydrogen) atoms.